The molecular weight excluding hydrogens is 303 g/mol. The third-order valence-corrected chi connectivity index (χ3v) is 4.75. The van der Waals surface area contributed by atoms with Crippen molar-refractivity contribution in [3.63, 3.8) is 0 Å². The van der Waals surface area contributed by atoms with Crippen molar-refractivity contribution in [2.45, 2.75) is 89.4 Å². The van der Waals surface area contributed by atoms with Gasteiger partial charge >= 0.3 is 51.4 Å². The minimum absolute atomic E-state index is 0. The van der Waals surface area contributed by atoms with Gasteiger partial charge in [-0.2, -0.15) is 0 Å². The van der Waals surface area contributed by atoms with Gasteiger partial charge in [0.15, 0.2) is 0 Å². The number of rotatable bonds is 12. The zero-order valence-electron chi connectivity index (χ0n) is 13.3. The first kappa shape index (κ1) is 23.8. The minimum atomic E-state index is -4.11. The van der Waals surface area contributed by atoms with Gasteiger partial charge in [0.05, 0.1) is 16.2 Å². The van der Waals surface area contributed by atoms with Crippen molar-refractivity contribution in [1.29, 1.82) is 0 Å². The molecule has 0 saturated heterocycles. The van der Waals surface area contributed by atoms with Gasteiger partial charge in [0, 0.05) is 5.25 Å². The van der Waals surface area contributed by atoms with Gasteiger partial charge in [-0.25, -0.2) is 8.42 Å². The SMILES string of the molecule is CCCCCC(O)CCCCCCC(C)S(=O)(=O)[O-].[K+]. The zero-order chi connectivity index (χ0) is 14.7. The number of hydrogen-bond acceptors (Lipinski definition) is 4. The van der Waals surface area contributed by atoms with E-state index < -0.39 is 15.4 Å². The molecule has 0 spiro atoms. The van der Waals surface area contributed by atoms with Crippen LogP contribution in [0, 0.1) is 0 Å². The second kappa shape index (κ2) is 14.1. The van der Waals surface area contributed by atoms with E-state index in [2.05, 4.69) is 6.92 Å². The standard InChI is InChI=1S/C14H30O4S.K/c1-3-4-7-11-14(15)12-9-6-5-8-10-13(2)19(16,17)18;/h13-15H,3-12H2,1-2H3,(H,16,17,18);/q;+1/p-1. The van der Waals surface area contributed by atoms with Crippen LogP contribution in [0.1, 0.15) is 78.1 Å². The molecule has 0 rings (SSSR count). The van der Waals surface area contributed by atoms with Gasteiger partial charge in [0.1, 0.15) is 0 Å². The predicted molar refractivity (Wildman–Crippen MR) is 77.0 cm³/mol. The van der Waals surface area contributed by atoms with Crippen molar-refractivity contribution in [3.8, 4) is 0 Å². The van der Waals surface area contributed by atoms with Gasteiger partial charge in [-0.05, 0) is 26.2 Å². The Labute approximate surface area is 167 Å². The fraction of sp³-hybridized carbons (Fsp3) is 1.00. The van der Waals surface area contributed by atoms with Crippen LogP contribution in [-0.4, -0.2) is 29.4 Å². The van der Waals surface area contributed by atoms with Crippen LogP contribution in [0.15, 0.2) is 0 Å². The molecule has 0 aromatic heterocycles. The first-order valence-electron chi connectivity index (χ1n) is 7.50. The maximum atomic E-state index is 10.7. The summed E-state index contributed by atoms with van der Waals surface area (Å²) < 4.78 is 32.0. The van der Waals surface area contributed by atoms with Crippen molar-refractivity contribution in [3.05, 3.63) is 0 Å². The Kier molecular flexibility index (Phi) is 16.8. The molecule has 0 heterocycles. The van der Waals surface area contributed by atoms with Crippen LogP contribution in [0.5, 0.6) is 0 Å². The molecule has 0 saturated carbocycles. The maximum absolute atomic E-state index is 10.7. The van der Waals surface area contributed by atoms with Crippen LogP contribution < -0.4 is 51.4 Å². The molecule has 1 N–H and O–H groups in total. The maximum Gasteiger partial charge on any atom is 1.00 e. The average Bonchev–Trinajstić information content (AvgIpc) is 2.32. The van der Waals surface area contributed by atoms with Gasteiger partial charge in [-0.3, -0.25) is 0 Å². The predicted octanol–water partition coefficient (Wildman–Crippen LogP) is 0.206. The Morgan fingerprint density at radius 3 is 1.85 bits per heavy atom. The Hall–Kier alpha value is 1.51. The Morgan fingerprint density at radius 2 is 1.40 bits per heavy atom. The summed E-state index contributed by atoms with van der Waals surface area (Å²) in [6.45, 7) is 3.62. The van der Waals surface area contributed by atoms with E-state index in [1.807, 2.05) is 0 Å². The molecule has 116 valence electrons. The van der Waals surface area contributed by atoms with Crippen molar-refractivity contribution in [1.82, 2.24) is 0 Å². The van der Waals surface area contributed by atoms with Gasteiger partial charge < -0.3 is 9.66 Å². The van der Waals surface area contributed by atoms with Crippen molar-refractivity contribution in [2.24, 2.45) is 0 Å². The van der Waals surface area contributed by atoms with Crippen LogP contribution in [0.4, 0.5) is 0 Å². The average molecular weight is 333 g/mol. The summed E-state index contributed by atoms with van der Waals surface area (Å²) >= 11 is 0. The molecule has 6 heteroatoms. The summed E-state index contributed by atoms with van der Waals surface area (Å²) in [5, 5.41) is 8.94. The minimum Gasteiger partial charge on any atom is -0.748 e. The van der Waals surface area contributed by atoms with Crippen molar-refractivity contribution < 1.29 is 69.5 Å². The van der Waals surface area contributed by atoms with Crippen molar-refractivity contribution in [2.75, 3.05) is 0 Å². The van der Waals surface area contributed by atoms with E-state index in [-0.39, 0.29) is 57.5 Å². The third kappa shape index (κ3) is 14.4. The molecule has 0 aromatic carbocycles. The van der Waals surface area contributed by atoms with E-state index >= 15 is 0 Å². The van der Waals surface area contributed by atoms with E-state index in [1.165, 1.54) is 19.8 Å². The first-order valence-corrected chi connectivity index (χ1v) is 8.97. The van der Waals surface area contributed by atoms with Crippen LogP contribution in [0.3, 0.4) is 0 Å². The van der Waals surface area contributed by atoms with Crippen LogP contribution in [0.25, 0.3) is 0 Å². The largest absolute Gasteiger partial charge is 1.00 e. The zero-order valence-corrected chi connectivity index (χ0v) is 17.2. The van der Waals surface area contributed by atoms with Gasteiger partial charge in [-0.1, -0.05) is 51.9 Å². The van der Waals surface area contributed by atoms with Crippen molar-refractivity contribution >= 4 is 10.1 Å². The second-order valence-electron chi connectivity index (χ2n) is 5.44. The summed E-state index contributed by atoms with van der Waals surface area (Å²) in [6.07, 6.45) is 9.11. The molecule has 0 aromatic rings. The Balaban J connectivity index is 0. The first-order chi connectivity index (χ1) is 8.88. The molecule has 4 nitrogen and oxygen atoms in total. The molecule has 0 aliphatic rings. The Morgan fingerprint density at radius 1 is 0.950 bits per heavy atom. The normalized spacial score (nSPS) is 14.6. The molecule has 0 amide bonds. The van der Waals surface area contributed by atoms with Gasteiger partial charge in [-0.15, -0.1) is 0 Å². The van der Waals surface area contributed by atoms with Crippen LogP contribution >= 0.6 is 0 Å². The Bertz CT molecular complexity index is 306. The summed E-state index contributed by atoms with van der Waals surface area (Å²) in [7, 11) is -4.11. The topological polar surface area (TPSA) is 77.4 Å². The molecule has 0 bridgehead atoms. The summed E-state index contributed by atoms with van der Waals surface area (Å²) in [5.74, 6) is 0. The van der Waals surface area contributed by atoms with Crippen LogP contribution in [0.2, 0.25) is 0 Å². The molecule has 0 aliphatic carbocycles. The molecule has 0 fully saturated rings. The van der Waals surface area contributed by atoms with E-state index in [9.17, 15) is 18.1 Å². The smallest absolute Gasteiger partial charge is 0.748 e. The number of aliphatic hydroxyl groups excluding tert-OH is 1. The van der Waals surface area contributed by atoms with Gasteiger partial charge in [0.2, 0.25) is 0 Å². The summed E-state index contributed by atoms with van der Waals surface area (Å²) in [6, 6.07) is 0. The number of aliphatic hydroxyl groups is 1. The third-order valence-electron chi connectivity index (χ3n) is 3.53. The molecular formula is C14H29KO4S. The fourth-order valence-electron chi connectivity index (χ4n) is 2.08. The van der Waals surface area contributed by atoms with E-state index in [0.29, 0.717) is 6.42 Å². The van der Waals surface area contributed by atoms with E-state index in [4.69, 9.17) is 0 Å². The second-order valence-corrected chi connectivity index (χ2v) is 7.23. The molecule has 2 unspecified atom stereocenters. The molecule has 20 heavy (non-hydrogen) atoms. The molecule has 2 atom stereocenters. The number of hydrogen-bond donors (Lipinski definition) is 1. The number of unbranched alkanes of at least 4 members (excludes halogenated alkanes) is 5. The van der Waals surface area contributed by atoms with E-state index in [1.54, 1.807) is 0 Å². The summed E-state index contributed by atoms with van der Waals surface area (Å²) in [4.78, 5) is 0. The van der Waals surface area contributed by atoms with Gasteiger partial charge in [0.25, 0.3) is 0 Å². The quantitative estimate of drug-likeness (QED) is 0.315. The monoisotopic (exact) mass is 332 g/mol. The molecule has 0 aliphatic heterocycles. The van der Waals surface area contributed by atoms with Crippen LogP contribution in [-0.2, 0) is 10.1 Å². The molecule has 0 radical (unpaired) electrons. The van der Waals surface area contributed by atoms with E-state index in [0.717, 1.165) is 44.9 Å². The fourth-order valence-corrected chi connectivity index (χ4v) is 2.54. The summed E-state index contributed by atoms with van der Waals surface area (Å²) in [5.41, 5.74) is 0.